The van der Waals surface area contributed by atoms with Gasteiger partial charge in [0, 0.05) is 13.2 Å². The molecule has 2 nitrogen and oxygen atoms in total. The molecule has 0 aromatic heterocycles. The normalized spacial score (nSPS) is 25.7. The van der Waals surface area contributed by atoms with Crippen LogP contribution in [0.2, 0.25) is 0 Å². The van der Waals surface area contributed by atoms with Crippen molar-refractivity contribution in [1.82, 2.24) is 0 Å². The lowest BCUT2D eigenvalue weighted by Crippen LogP contribution is -2.34. The fourth-order valence-corrected chi connectivity index (χ4v) is 1.26. The van der Waals surface area contributed by atoms with Crippen LogP contribution in [0.3, 0.4) is 0 Å². The van der Waals surface area contributed by atoms with Gasteiger partial charge in [-0.25, -0.2) is 0 Å². The van der Waals surface area contributed by atoms with Crippen LogP contribution in [0.25, 0.3) is 0 Å². The van der Waals surface area contributed by atoms with E-state index in [-0.39, 0.29) is 6.04 Å². The number of methoxy groups -OCH3 is 1. The number of nitrogens with two attached hydrogens (primary N) is 1. The van der Waals surface area contributed by atoms with Crippen LogP contribution in [0, 0.1) is 5.92 Å². The SMILES string of the molecule is COC(C1CC1)[C@@H](C)N. The molecule has 1 saturated carbocycles. The summed E-state index contributed by atoms with van der Waals surface area (Å²) in [5, 5.41) is 0. The van der Waals surface area contributed by atoms with Crippen LogP contribution < -0.4 is 5.73 Å². The minimum absolute atomic E-state index is 0.197. The molecule has 2 N–H and O–H groups in total. The zero-order chi connectivity index (χ0) is 6.85. The van der Waals surface area contributed by atoms with E-state index in [1.54, 1.807) is 7.11 Å². The van der Waals surface area contributed by atoms with Crippen LogP contribution in [0.5, 0.6) is 0 Å². The van der Waals surface area contributed by atoms with Crippen molar-refractivity contribution >= 4 is 0 Å². The first kappa shape index (κ1) is 7.03. The van der Waals surface area contributed by atoms with Crippen LogP contribution in [0.1, 0.15) is 19.8 Å². The van der Waals surface area contributed by atoms with Crippen molar-refractivity contribution < 1.29 is 4.74 Å². The molecule has 1 aliphatic carbocycles. The Kier molecular flexibility index (Phi) is 2.09. The predicted molar refractivity (Wildman–Crippen MR) is 37.2 cm³/mol. The molecule has 0 saturated heterocycles. The molecular formula is C7H15NO. The molecule has 54 valence electrons. The molecule has 0 aromatic carbocycles. The Bertz CT molecular complexity index is 86.9. The molecule has 0 bridgehead atoms. The third-order valence-electron chi connectivity index (χ3n) is 1.88. The minimum atomic E-state index is 0.197. The van der Waals surface area contributed by atoms with Crippen molar-refractivity contribution in [2.75, 3.05) is 7.11 Å². The highest BCUT2D eigenvalue weighted by Gasteiger charge is 2.33. The van der Waals surface area contributed by atoms with Crippen molar-refractivity contribution in [3.8, 4) is 0 Å². The molecule has 0 aliphatic heterocycles. The molecule has 1 aliphatic rings. The summed E-state index contributed by atoms with van der Waals surface area (Å²) in [5.41, 5.74) is 5.66. The Morgan fingerprint density at radius 3 is 2.22 bits per heavy atom. The van der Waals surface area contributed by atoms with Crippen molar-refractivity contribution in [2.45, 2.75) is 31.9 Å². The summed E-state index contributed by atoms with van der Waals surface area (Å²) in [7, 11) is 1.74. The van der Waals surface area contributed by atoms with Crippen LogP contribution >= 0.6 is 0 Å². The highest BCUT2D eigenvalue weighted by Crippen LogP contribution is 2.34. The zero-order valence-electron chi connectivity index (χ0n) is 6.13. The molecule has 1 fully saturated rings. The van der Waals surface area contributed by atoms with Crippen LogP contribution in [-0.2, 0) is 4.74 Å². The summed E-state index contributed by atoms with van der Waals surface area (Å²) in [6, 6.07) is 0.197. The second-order valence-electron chi connectivity index (χ2n) is 2.90. The Morgan fingerprint density at radius 2 is 2.11 bits per heavy atom. The zero-order valence-corrected chi connectivity index (χ0v) is 6.13. The van der Waals surface area contributed by atoms with Crippen LogP contribution in [-0.4, -0.2) is 19.3 Å². The Labute approximate surface area is 56.4 Å². The molecule has 9 heavy (non-hydrogen) atoms. The Hall–Kier alpha value is -0.0800. The van der Waals surface area contributed by atoms with Crippen molar-refractivity contribution in [2.24, 2.45) is 11.7 Å². The van der Waals surface area contributed by atoms with E-state index in [2.05, 4.69) is 0 Å². The first-order valence-corrected chi connectivity index (χ1v) is 3.54. The molecule has 1 rings (SSSR count). The van der Waals surface area contributed by atoms with Crippen molar-refractivity contribution in [1.29, 1.82) is 0 Å². The summed E-state index contributed by atoms with van der Waals surface area (Å²) < 4.78 is 5.21. The Morgan fingerprint density at radius 1 is 1.56 bits per heavy atom. The average molecular weight is 129 g/mol. The van der Waals surface area contributed by atoms with Crippen molar-refractivity contribution in [3.05, 3.63) is 0 Å². The summed E-state index contributed by atoms with van der Waals surface area (Å²) in [6.45, 7) is 2.01. The van der Waals surface area contributed by atoms with Gasteiger partial charge in [-0.15, -0.1) is 0 Å². The van der Waals surface area contributed by atoms with Gasteiger partial charge in [-0.05, 0) is 25.7 Å². The maximum Gasteiger partial charge on any atom is 0.0747 e. The van der Waals surface area contributed by atoms with E-state index in [0.717, 1.165) is 5.92 Å². The number of hydrogen-bond acceptors (Lipinski definition) is 2. The molecule has 2 atom stereocenters. The molecule has 1 unspecified atom stereocenters. The maximum absolute atomic E-state index is 5.66. The second-order valence-corrected chi connectivity index (χ2v) is 2.90. The minimum Gasteiger partial charge on any atom is -0.380 e. The fraction of sp³-hybridized carbons (Fsp3) is 1.00. The summed E-state index contributed by atoms with van der Waals surface area (Å²) in [6.07, 6.45) is 2.92. The van der Waals surface area contributed by atoms with Gasteiger partial charge in [0.1, 0.15) is 0 Å². The lowest BCUT2D eigenvalue weighted by Gasteiger charge is -2.17. The molecule has 2 heteroatoms. The second kappa shape index (κ2) is 2.67. The van der Waals surface area contributed by atoms with Crippen molar-refractivity contribution in [3.63, 3.8) is 0 Å². The van der Waals surface area contributed by atoms with Gasteiger partial charge in [0.2, 0.25) is 0 Å². The van der Waals surface area contributed by atoms with E-state index in [0.29, 0.717) is 6.10 Å². The summed E-state index contributed by atoms with van der Waals surface area (Å²) in [4.78, 5) is 0. The van der Waals surface area contributed by atoms with Gasteiger partial charge < -0.3 is 10.5 Å². The average Bonchev–Trinajstić information content (AvgIpc) is 2.50. The van der Waals surface area contributed by atoms with Gasteiger partial charge in [-0.3, -0.25) is 0 Å². The predicted octanol–water partition coefficient (Wildman–Crippen LogP) is 0.759. The highest BCUT2D eigenvalue weighted by molar-refractivity contribution is 4.86. The Balaban J connectivity index is 2.28. The molecule has 0 radical (unpaired) electrons. The van der Waals surface area contributed by atoms with Crippen LogP contribution in [0.4, 0.5) is 0 Å². The summed E-state index contributed by atoms with van der Waals surface area (Å²) in [5.74, 6) is 0.759. The third kappa shape index (κ3) is 1.66. The van der Waals surface area contributed by atoms with E-state index in [4.69, 9.17) is 10.5 Å². The topological polar surface area (TPSA) is 35.2 Å². The lowest BCUT2D eigenvalue weighted by molar-refractivity contribution is 0.0675. The first-order chi connectivity index (χ1) is 4.25. The van der Waals surface area contributed by atoms with Gasteiger partial charge in [-0.2, -0.15) is 0 Å². The van der Waals surface area contributed by atoms with E-state index < -0.39 is 0 Å². The maximum atomic E-state index is 5.66. The fourth-order valence-electron chi connectivity index (χ4n) is 1.26. The van der Waals surface area contributed by atoms with E-state index in [1.165, 1.54) is 12.8 Å². The van der Waals surface area contributed by atoms with Gasteiger partial charge in [-0.1, -0.05) is 0 Å². The van der Waals surface area contributed by atoms with Crippen LogP contribution in [0.15, 0.2) is 0 Å². The first-order valence-electron chi connectivity index (χ1n) is 3.54. The van der Waals surface area contributed by atoms with Gasteiger partial charge in [0.15, 0.2) is 0 Å². The lowest BCUT2D eigenvalue weighted by atomic mass is 10.1. The monoisotopic (exact) mass is 129 g/mol. The number of rotatable bonds is 3. The quantitative estimate of drug-likeness (QED) is 0.610. The molecular weight excluding hydrogens is 114 g/mol. The number of ether oxygens (including phenoxy) is 1. The third-order valence-corrected chi connectivity index (χ3v) is 1.88. The van der Waals surface area contributed by atoms with Gasteiger partial charge in [0.25, 0.3) is 0 Å². The highest BCUT2D eigenvalue weighted by atomic mass is 16.5. The summed E-state index contributed by atoms with van der Waals surface area (Å²) >= 11 is 0. The van der Waals surface area contributed by atoms with E-state index in [1.807, 2.05) is 6.92 Å². The van der Waals surface area contributed by atoms with Gasteiger partial charge >= 0.3 is 0 Å². The molecule has 0 amide bonds. The van der Waals surface area contributed by atoms with E-state index >= 15 is 0 Å². The molecule has 0 aromatic rings. The smallest absolute Gasteiger partial charge is 0.0747 e. The van der Waals surface area contributed by atoms with Gasteiger partial charge in [0.05, 0.1) is 6.10 Å². The standard InChI is InChI=1S/C7H15NO/c1-5(8)7(9-2)6-3-4-6/h5-7H,3-4,8H2,1-2H3/t5-,7?/m1/s1. The van der Waals surface area contributed by atoms with E-state index in [9.17, 15) is 0 Å². The number of hydrogen-bond donors (Lipinski definition) is 1. The molecule has 0 heterocycles. The molecule has 0 spiro atoms. The largest absolute Gasteiger partial charge is 0.380 e.